The Hall–Kier alpha value is -1.61. The highest BCUT2D eigenvalue weighted by atomic mass is 79.9. The van der Waals surface area contributed by atoms with Gasteiger partial charge in [0.25, 0.3) is 0 Å². The maximum absolute atomic E-state index is 11.8. The van der Waals surface area contributed by atoms with E-state index in [9.17, 15) is 4.79 Å². The Morgan fingerprint density at radius 1 is 1.06 bits per heavy atom. The molecule has 0 aliphatic rings. The summed E-state index contributed by atoms with van der Waals surface area (Å²) in [6, 6.07) is 17.6. The molecule has 0 fully saturated rings. The minimum atomic E-state index is 0.178. The summed E-state index contributed by atoms with van der Waals surface area (Å²) in [5, 5.41) is 3.12. The zero-order valence-corrected chi connectivity index (χ0v) is 11.5. The molecule has 0 atom stereocenters. The molecule has 3 heteroatoms. The van der Waals surface area contributed by atoms with Gasteiger partial charge >= 0.3 is 0 Å². The third-order valence-electron chi connectivity index (χ3n) is 2.55. The van der Waals surface area contributed by atoms with E-state index in [1.165, 1.54) is 0 Å². The van der Waals surface area contributed by atoms with Crippen molar-refractivity contribution in [1.29, 1.82) is 0 Å². The Bertz CT molecular complexity index is 525. The van der Waals surface area contributed by atoms with Crippen molar-refractivity contribution in [1.82, 2.24) is 0 Å². The van der Waals surface area contributed by atoms with Gasteiger partial charge in [-0.1, -0.05) is 46.3 Å². The number of rotatable bonds is 5. The third-order valence-corrected chi connectivity index (χ3v) is 3.05. The van der Waals surface area contributed by atoms with Gasteiger partial charge in [0.2, 0.25) is 0 Å². The minimum Gasteiger partial charge on any atom is -0.378 e. The van der Waals surface area contributed by atoms with Crippen LogP contribution in [0.15, 0.2) is 59.1 Å². The molecular formula is C15H14BrNO. The van der Waals surface area contributed by atoms with Crippen molar-refractivity contribution in [2.45, 2.75) is 6.42 Å². The number of nitrogens with one attached hydrogen (secondary N) is 1. The van der Waals surface area contributed by atoms with Crippen LogP contribution < -0.4 is 5.32 Å². The van der Waals surface area contributed by atoms with Gasteiger partial charge in [-0.3, -0.25) is 4.79 Å². The van der Waals surface area contributed by atoms with Crippen LogP contribution in [0, 0.1) is 0 Å². The molecule has 0 heterocycles. The molecule has 0 radical (unpaired) electrons. The molecule has 2 aromatic rings. The molecule has 0 bridgehead atoms. The maximum atomic E-state index is 11.8. The normalized spacial score (nSPS) is 10.1. The van der Waals surface area contributed by atoms with Gasteiger partial charge in [-0.25, -0.2) is 0 Å². The number of carbonyl (C=O) groups is 1. The summed E-state index contributed by atoms with van der Waals surface area (Å²) in [4.78, 5) is 11.8. The van der Waals surface area contributed by atoms with Gasteiger partial charge in [0, 0.05) is 16.6 Å². The number of halogens is 1. The predicted molar refractivity (Wildman–Crippen MR) is 77.8 cm³/mol. The first-order valence-electron chi connectivity index (χ1n) is 5.79. The van der Waals surface area contributed by atoms with Crippen LogP contribution in [0.5, 0.6) is 0 Å². The number of carbonyl (C=O) groups excluding carboxylic acids is 1. The summed E-state index contributed by atoms with van der Waals surface area (Å²) < 4.78 is 1.00. The highest BCUT2D eigenvalue weighted by Crippen LogP contribution is 2.12. The van der Waals surface area contributed by atoms with E-state index < -0.39 is 0 Å². The van der Waals surface area contributed by atoms with Gasteiger partial charge in [-0.05, 0) is 29.8 Å². The molecule has 92 valence electrons. The molecule has 0 aliphatic heterocycles. The van der Waals surface area contributed by atoms with Crippen LogP contribution in [0.1, 0.15) is 5.56 Å². The molecule has 18 heavy (non-hydrogen) atoms. The van der Waals surface area contributed by atoms with Crippen molar-refractivity contribution < 1.29 is 4.79 Å². The number of anilines is 1. The number of para-hydroxylation sites is 1. The molecule has 0 saturated carbocycles. The lowest BCUT2D eigenvalue weighted by Crippen LogP contribution is -2.15. The number of hydrogen-bond acceptors (Lipinski definition) is 2. The van der Waals surface area contributed by atoms with Gasteiger partial charge < -0.3 is 5.32 Å². The summed E-state index contributed by atoms with van der Waals surface area (Å²) in [7, 11) is 0. The van der Waals surface area contributed by atoms with Crippen LogP contribution in [-0.2, 0) is 11.2 Å². The number of hydrogen-bond donors (Lipinski definition) is 1. The number of Topliss-reactive ketones (excluding diaryl/α,β-unsaturated/α-hetero) is 1. The van der Waals surface area contributed by atoms with Gasteiger partial charge in [0.15, 0.2) is 5.78 Å². The van der Waals surface area contributed by atoms with E-state index >= 15 is 0 Å². The van der Waals surface area contributed by atoms with Crippen molar-refractivity contribution in [3.63, 3.8) is 0 Å². The SMILES string of the molecule is O=C(CNc1ccccc1)Cc1cccc(Br)c1. The molecule has 2 nitrogen and oxygen atoms in total. The van der Waals surface area contributed by atoms with Gasteiger partial charge in [-0.15, -0.1) is 0 Å². The van der Waals surface area contributed by atoms with E-state index in [1.807, 2.05) is 54.6 Å². The zero-order chi connectivity index (χ0) is 12.8. The topological polar surface area (TPSA) is 29.1 Å². The molecule has 0 aromatic heterocycles. The summed E-state index contributed by atoms with van der Waals surface area (Å²) in [5.74, 6) is 0.178. The van der Waals surface area contributed by atoms with Gasteiger partial charge in [-0.2, -0.15) is 0 Å². The van der Waals surface area contributed by atoms with E-state index in [0.29, 0.717) is 13.0 Å². The van der Waals surface area contributed by atoms with Gasteiger partial charge in [0.1, 0.15) is 0 Å². The Morgan fingerprint density at radius 3 is 2.56 bits per heavy atom. The average Bonchev–Trinajstić information content (AvgIpc) is 2.38. The highest BCUT2D eigenvalue weighted by Gasteiger charge is 2.03. The first-order valence-corrected chi connectivity index (χ1v) is 6.58. The number of benzene rings is 2. The summed E-state index contributed by atoms with van der Waals surface area (Å²) >= 11 is 3.40. The lowest BCUT2D eigenvalue weighted by atomic mass is 10.1. The van der Waals surface area contributed by atoms with Crippen molar-refractivity contribution >= 4 is 27.4 Å². The molecular weight excluding hydrogens is 290 g/mol. The Balaban J connectivity index is 1.86. The Morgan fingerprint density at radius 2 is 1.83 bits per heavy atom. The zero-order valence-electron chi connectivity index (χ0n) is 9.90. The smallest absolute Gasteiger partial charge is 0.156 e. The second-order valence-electron chi connectivity index (χ2n) is 4.06. The molecule has 0 amide bonds. The largest absolute Gasteiger partial charge is 0.378 e. The lowest BCUT2D eigenvalue weighted by molar-refractivity contribution is -0.116. The van der Waals surface area contributed by atoms with Crippen LogP contribution in [0.25, 0.3) is 0 Å². The average molecular weight is 304 g/mol. The first-order chi connectivity index (χ1) is 8.74. The van der Waals surface area contributed by atoms with Crippen molar-refractivity contribution in [3.8, 4) is 0 Å². The molecule has 0 aliphatic carbocycles. The van der Waals surface area contributed by atoms with Crippen LogP contribution in [0.2, 0.25) is 0 Å². The fraction of sp³-hybridized carbons (Fsp3) is 0.133. The van der Waals surface area contributed by atoms with E-state index in [0.717, 1.165) is 15.7 Å². The fourth-order valence-electron chi connectivity index (χ4n) is 1.69. The van der Waals surface area contributed by atoms with Crippen molar-refractivity contribution in [2.24, 2.45) is 0 Å². The Labute approximate surface area is 115 Å². The lowest BCUT2D eigenvalue weighted by Gasteiger charge is -2.05. The summed E-state index contributed by atoms with van der Waals surface area (Å²) in [6.07, 6.45) is 0.458. The molecule has 2 aromatic carbocycles. The van der Waals surface area contributed by atoms with Crippen molar-refractivity contribution in [2.75, 3.05) is 11.9 Å². The summed E-state index contributed by atoms with van der Waals surface area (Å²) in [6.45, 7) is 0.358. The van der Waals surface area contributed by atoms with E-state index in [1.54, 1.807) is 0 Å². The molecule has 0 spiro atoms. The highest BCUT2D eigenvalue weighted by molar-refractivity contribution is 9.10. The minimum absolute atomic E-state index is 0.178. The van der Waals surface area contributed by atoms with Crippen LogP contribution in [0.4, 0.5) is 5.69 Å². The fourth-order valence-corrected chi connectivity index (χ4v) is 2.14. The number of ketones is 1. The molecule has 0 saturated heterocycles. The second kappa shape index (κ2) is 6.36. The molecule has 1 N–H and O–H groups in total. The van der Waals surface area contributed by atoms with Crippen LogP contribution in [0.3, 0.4) is 0 Å². The molecule has 2 rings (SSSR count). The quantitative estimate of drug-likeness (QED) is 0.913. The van der Waals surface area contributed by atoms with E-state index in [-0.39, 0.29) is 5.78 Å². The van der Waals surface area contributed by atoms with Gasteiger partial charge in [0.05, 0.1) is 6.54 Å². The summed E-state index contributed by atoms with van der Waals surface area (Å²) in [5.41, 5.74) is 2.00. The maximum Gasteiger partial charge on any atom is 0.156 e. The van der Waals surface area contributed by atoms with Crippen LogP contribution in [-0.4, -0.2) is 12.3 Å². The first kappa shape index (κ1) is 12.8. The predicted octanol–water partition coefficient (Wildman–Crippen LogP) is 3.67. The third kappa shape index (κ3) is 4.00. The van der Waals surface area contributed by atoms with Crippen molar-refractivity contribution in [3.05, 3.63) is 64.6 Å². The standard InChI is InChI=1S/C15H14BrNO/c16-13-6-4-5-12(9-13)10-15(18)11-17-14-7-2-1-3-8-14/h1-9,17H,10-11H2. The monoisotopic (exact) mass is 303 g/mol. The van der Waals surface area contributed by atoms with E-state index in [2.05, 4.69) is 21.2 Å². The van der Waals surface area contributed by atoms with E-state index in [4.69, 9.17) is 0 Å². The van der Waals surface area contributed by atoms with Crippen LogP contribution >= 0.6 is 15.9 Å². The second-order valence-corrected chi connectivity index (χ2v) is 4.98. The molecule has 0 unspecified atom stereocenters. The Kier molecular flexibility index (Phi) is 4.53.